The topological polar surface area (TPSA) is 35.5 Å². The van der Waals surface area contributed by atoms with Gasteiger partial charge in [-0.2, -0.15) is 0 Å². The second-order valence-corrected chi connectivity index (χ2v) is 7.76. The van der Waals surface area contributed by atoms with Crippen LogP contribution in [0.5, 0.6) is 0 Å². The van der Waals surface area contributed by atoms with Gasteiger partial charge in [0, 0.05) is 17.6 Å². The summed E-state index contributed by atoms with van der Waals surface area (Å²) >= 11 is 0. The van der Waals surface area contributed by atoms with Crippen molar-refractivity contribution >= 4 is 0 Å². The van der Waals surface area contributed by atoms with Gasteiger partial charge in [0.25, 0.3) is 0 Å². The number of aliphatic hydroxyl groups excluding tert-OH is 1. The lowest BCUT2D eigenvalue weighted by Crippen LogP contribution is -2.58. The third kappa shape index (κ3) is 4.67. The zero-order chi connectivity index (χ0) is 15.3. The first kappa shape index (κ1) is 17.2. The van der Waals surface area contributed by atoms with Gasteiger partial charge in [0.1, 0.15) is 0 Å². The van der Waals surface area contributed by atoms with E-state index in [1.165, 1.54) is 51.6 Å². The van der Waals surface area contributed by atoms with Crippen molar-refractivity contribution in [1.29, 1.82) is 0 Å². The van der Waals surface area contributed by atoms with Crippen LogP contribution in [-0.2, 0) is 0 Å². The minimum Gasteiger partial charge on any atom is -0.394 e. The van der Waals surface area contributed by atoms with Crippen molar-refractivity contribution in [2.24, 2.45) is 5.92 Å². The SMILES string of the molecule is CCCC1CCN(C2CCCC(CO)(NC(C)C)C2)CC1. The molecule has 2 atom stereocenters. The first-order chi connectivity index (χ1) is 10.1. The summed E-state index contributed by atoms with van der Waals surface area (Å²) in [5, 5.41) is 13.6. The highest BCUT2D eigenvalue weighted by molar-refractivity contribution is 4.97. The third-order valence-electron chi connectivity index (χ3n) is 5.58. The molecule has 1 aliphatic carbocycles. The molecule has 3 nitrogen and oxygen atoms in total. The van der Waals surface area contributed by atoms with E-state index < -0.39 is 0 Å². The van der Waals surface area contributed by atoms with Crippen LogP contribution in [0.25, 0.3) is 0 Å². The van der Waals surface area contributed by atoms with Crippen LogP contribution in [0, 0.1) is 5.92 Å². The molecule has 1 aliphatic heterocycles. The van der Waals surface area contributed by atoms with Gasteiger partial charge in [-0.05, 0) is 57.5 Å². The average molecular weight is 296 g/mol. The molecule has 2 unspecified atom stereocenters. The van der Waals surface area contributed by atoms with E-state index in [-0.39, 0.29) is 12.1 Å². The fraction of sp³-hybridized carbons (Fsp3) is 1.00. The molecule has 0 aromatic carbocycles. The molecule has 0 aromatic heterocycles. The van der Waals surface area contributed by atoms with Gasteiger partial charge in [0.05, 0.1) is 6.61 Å². The van der Waals surface area contributed by atoms with E-state index >= 15 is 0 Å². The number of hydrogen-bond donors (Lipinski definition) is 2. The van der Waals surface area contributed by atoms with Gasteiger partial charge in [-0.1, -0.05) is 33.6 Å². The minimum atomic E-state index is -0.0304. The van der Waals surface area contributed by atoms with Crippen LogP contribution in [0.15, 0.2) is 0 Å². The van der Waals surface area contributed by atoms with Crippen molar-refractivity contribution in [2.75, 3.05) is 19.7 Å². The summed E-state index contributed by atoms with van der Waals surface area (Å²) in [5.74, 6) is 0.964. The van der Waals surface area contributed by atoms with Gasteiger partial charge in [-0.15, -0.1) is 0 Å². The molecule has 0 bridgehead atoms. The average Bonchev–Trinajstić information content (AvgIpc) is 2.48. The summed E-state index contributed by atoms with van der Waals surface area (Å²) in [6.07, 6.45) is 10.3. The highest BCUT2D eigenvalue weighted by Crippen LogP contribution is 2.34. The Kier molecular flexibility index (Phi) is 6.51. The number of nitrogens with zero attached hydrogens (tertiary/aromatic N) is 1. The van der Waals surface area contributed by atoms with Crippen molar-refractivity contribution in [3.05, 3.63) is 0 Å². The summed E-state index contributed by atoms with van der Waals surface area (Å²) in [7, 11) is 0. The van der Waals surface area contributed by atoms with E-state index in [4.69, 9.17) is 0 Å². The van der Waals surface area contributed by atoms with Crippen molar-refractivity contribution in [2.45, 2.75) is 89.8 Å². The molecule has 2 aliphatic rings. The van der Waals surface area contributed by atoms with E-state index in [1.807, 2.05) is 0 Å². The number of rotatable bonds is 6. The van der Waals surface area contributed by atoms with Crippen LogP contribution in [0.4, 0.5) is 0 Å². The first-order valence-electron chi connectivity index (χ1n) is 9.21. The molecule has 3 heteroatoms. The second kappa shape index (κ2) is 7.94. The Hall–Kier alpha value is -0.120. The molecule has 0 radical (unpaired) electrons. The van der Waals surface area contributed by atoms with Gasteiger partial charge in [-0.3, -0.25) is 0 Å². The molecule has 1 saturated heterocycles. The minimum absolute atomic E-state index is 0.0304. The number of aliphatic hydroxyl groups is 1. The smallest absolute Gasteiger partial charge is 0.0613 e. The Bertz CT molecular complexity index is 300. The van der Waals surface area contributed by atoms with Gasteiger partial charge < -0.3 is 15.3 Å². The maximum Gasteiger partial charge on any atom is 0.0613 e. The van der Waals surface area contributed by atoms with E-state index in [1.54, 1.807) is 0 Å². The molecule has 124 valence electrons. The molecule has 2 rings (SSSR count). The molecule has 21 heavy (non-hydrogen) atoms. The Morgan fingerprint density at radius 2 is 1.95 bits per heavy atom. The lowest BCUT2D eigenvalue weighted by atomic mass is 9.77. The largest absolute Gasteiger partial charge is 0.394 e. The number of hydrogen-bond acceptors (Lipinski definition) is 3. The summed E-state index contributed by atoms with van der Waals surface area (Å²) in [6.45, 7) is 9.53. The van der Waals surface area contributed by atoms with Crippen LogP contribution < -0.4 is 5.32 Å². The molecule has 2 fully saturated rings. The normalized spacial score (nSPS) is 32.7. The predicted molar refractivity (Wildman–Crippen MR) is 89.5 cm³/mol. The maximum absolute atomic E-state index is 9.94. The standard InChI is InChI=1S/C18H36N2O/c1-4-6-16-8-11-20(12-9-16)17-7-5-10-18(13-17,14-21)19-15(2)3/h15-17,19,21H,4-14H2,1-3H3. The summed E-state index contributed by atoms with van der Waals surface area (Å²) < 4.78 is 0. The Morgan fingerprint density at radius 1 is 1.24 bits per heavy atom. The first-order valence-corrected chi connectivity index (χ1v) is 9.21. The van der Waals surface area contributed by atoms with E-state index in [0.29, 0.717) is 12.1 Å². The fourth-order valence-corrected chi connectivity index (χ4v) is 4.59. The highest BCUT2D eigenvalue weighted by atomic mass is 16.3. The molecule has 0 spiro atoms. The van der Waals surface area contributed by atoms with Crippen molar-refractivity contribution in [3.63, 3.8) is 0 Å². The molecular weight excluding hydrogens is 260 g/mol. The van der Waals surface area contributed by atoms with Gasteiger partial charge in [0.15, 0.2) is 0 Å². The van der Waals surface area contributed by atoms with Crippen LogP contribution >= 0.6 is 0 Å². The van der Waals surface area contributed by atoms with E-state index in [0.717, 1.165) is 18.8 Å². The molecule has 1 saturated carbocycles. The Morgan fingerprint density at radius 3 is 2.52 bits per heavy atom. The molecule has 0 amide bonds. The van der Waals surface area contributed by atoms with Crippen LogP contribution in [0.2, 0.25) is 0 Å². The second-order valence-electron chi connectivity index (χ2n) is 7.76. The number of nitrogens with one attached hydrogen (secondary N) is 1. The van der Waals surface area contributed by atoms with Gasteiger partial charge in [-0.25, -0.2) is 0 Å². The molecule has 1 heterocycles. The van der Waals surface area contributed by atoms with Gasteiger partial charge in [0.2, 0.25) is 0 Å². The van der Waals surface area contributed by atoms with Crippen LogP contribution in [0.1, 0.15) is 72.1 Å². The van der Waals surface area contributed by atoms with Crippen molar-refractivity contribution in [3.8, 4) is 0 Å². The highest BCUT2D eigenvalue weighted by Gasteiger charge is 2.38. The monoisotopic (exact) mass is 296 g/mol. The fourth-order valence-electron chi connectivity index (χ4n) is 4.59. The number of likely N-dealkylation sites (tertiary alicyclic amines) is 1. The Labute approximate surface area is 131 Å². The molecular formula is C18H36N2O. The lowest BCUT2D eigenvalue weighted by molar-refractivity contribution is 0.0380. The number of piperidine rings is 1. The van der Waals surface area contributed by atoms with E-state index in [9.17, 15) is 5.11 Å². The third-order valence-corrected chi connectivity index (χ3v) is 5.58. The Balaban J connectivity index is 1.89. The maximum atomic E-state index is 9.94. The zero-order valence-electron chi connectivity index (χ0n) is 14.4. The summed E-state index contributed by atoms with van der Waals surface area (Å²) in [4.78, 5) is 2.72. The quantitative estimate of drug-likeness (QED) is 0.790. The lowest BCUT2D eigenvalue weighted by Gasteiger charge is -2.47. The molecule has 0 aromatic rings. The van der Waals surface area contributed by atoms with Crippen LogP contribution in [0.3, 0.4) is 0 Å². The summed E-state index contributed by atoms with van der Waals surface area (Å²) in [6, 6.07) is 1.13. The zero-order valence-corrected chi connectivity index (χ0v) is 14.4. The van der Waals surface area contributed by atoms with Crippen molar-refractivity contribution in [1.82, 2.24) is 10.2 Å². The van der Waals surface area contributed by atoms with Crippen molar-refractivity contribution < 1.29 is 5.11 Å². The molecule has 2 N–H and O–H groups in total. The van der Waals surface area contributed by atoms with Gasteiger partial charge >= 0.3 is 0 Å². The van der Waals surface area contributed by atoms with Crippen LogP contribution in [-0.4, -0.2) is 47.3 Å². The summed E-state index contributed by atoms with van der Waals surface area (Å²) in [5.41, 5.74) is -0.0304. The van der Waals surface area contributed by atoms with E-state index in [2.05, 4.69) is 31.0 Å². The predicted octanol–water partition coefficient (Wildman–Crippen LogP) is 3.17.